The van der Waals surface area contributed by atoms with Gasteiger partial charge in [0, 0.05) is 33.6 Å². The standard InChI is InChI=1S/C24H18N4O2/c25-19-9-5-15(6-10-19)21-13-27-23(29-21)17-1-2-18(4-3-17)24-28-14-22(30-24)16-7-11-20(26)12-8-16/h1-14H,25-26H2. The monoisotopic (exact) mass is 394 g/mol. The first-order valence-electron chi connectivity index (χ1n) is 9.40. The van der Waals surface area contributed by atoms with Crippen LogP contribution in [0.2, 0.25) is 0 Å². The lowest BCUT2D eigenvalue weighted by Crippen LogP contribution is -1.82. The second-order valence-corrected chi connectivity index (χ2v) is 6.88. The highest BCUT2D eigenvalue weighted by atomic mass is 16.4. The van der Waals surface area contributed by atoms with Gasteiger partial charge in [0.2, 0.25) is 11.8 Å². The first kappa shape index (κ1) is 17.8. The quantitative estimate of drug-likeness (QED) is 0.390. The molecule has 0 aliphatic heterocycles. The molecule has 0 saturated carbocycles. The molecule has 5 aromatic rings. The van der Waals surface area contributed by atoms with Crippen LogP contribution in [-0.4, -0.2) is 9.97 Å². The molecule has 30 heavy (non-hydrogen) atoms. The van der Waals surface area contributed by atoms with Gasteiger partial charge < -0.3 is 20.3 Å². The fourth-order valence-electron chi connectivity index (χ4n) is 3.13. The predicted molar refractivity (Wildman–Crippen MR) is 117 cm³/mol. The van der Waals surface area contributed by atoms with Crippen LogP contribution < -0.4 is 11.5 Å². The van der Waals surface area contributed by atoms with E-state index in [2.05, 4.69) is 9.97 Å². The molecule has 4 N–H and O–H groups in total. The van der Waals surface area contributed by atoms with Crippen LogP contribution in [0.1, 0.15) is 0 Å². The number of nitrogens with two attached hydrogens (primary N) is 2. The van der Waals surface area contributed by atoms with Crippen LogP contribution >= 0.6 is 0 Å². The Morgan fingerprint density at radius 2 is 0.800 bits per heavy atom. The fourth-order valence-corrected chi connectivity index (χ4v) is 3.13. The van der Waals surface area contributed by atoms with Gasteiger partial charge in [0.05, 0.1) is 12.4 Å². The molecule has 2 aromatic heterocycles. The molecule has 2 heterocycles. The number of benzene rings is 3. The van der Waals surface area contributed by atoms with Crippen LogP contribution in [0.15, 0.2) is 94.0 Å². The lowest BCUT2D eigenvalue weighted by molar-refractivity contribution is 0.587. The van der Waals surface area contributed by atoms with Gasteiger partial charge in [-0.2, -0.15) is 0 Å². The number of aromatic nitrogens is 2. The third kappa shape index (κ3) is 3.42. The summed E-state index contributed by atoms with van der Waals surface area (Å²) in [6, 6.07) is 22.7. The first-order valence-corrected chi connectivity index (χ1v) is 9.40. The van der Waals surface area contributed by atoms with Gasteiger partial charge in [-0.25, -0.2) is 9.97 Å². The Hall–Kier alpha value is -4.32. The van der Waals surface area contributed by atoms with Gasteiger partial charge in [-0.1, -0.05) is 0 Å². The summed E-state index contributed by atoms with van der Waals surface area (Å²) >= 11 is 0. The van der Waals surface area contributed by atoms with Gasteiger partial charge in [0.25, 0.3) is 0 Å². The first-order chi connectivity index (χ1) is 14.7. The van der Waals surface area contributed by atoms with E-state index in [4.69, 9.17) is 20.3 Å². The van der Waals surface area contributed by atoms with E-state index in [-0.39, 0.29) is 0 Å². The molecule has 0 fully saturated rings. The summed E-state index contributed by atoms with van der Waals surface area (Å²) in [7, 11) is 0. The summed E-state index contributed by atoms with van der Waals surface area (Å²) in [4.78, 5) is 8.78. The molecule has 0 amide bonds. The maximum atomic E-state index is 5.91. The largest absolute Gasteiger partial charge is 0.436 e. The number of anilines is 2. The Morgan fingerprint density at radius 3 is 1.17 bits per heavy atom. The summed E-state index contributed by atoms with van der Waals surface area (Å²) in [5, 5.41) is 0. The molecule has 0 bridgehead atoms. The van der Waals surface area contributed by atoms with Crippen molar-refractivity contribution in [3.8, 4) is 45.6 Å². The SMILES string of the molecule is Nc1ccc(-c2cnc(-c3ccc(-c4ncc(-c5ccc(N)cc5)o4)cc3)o2)cc1. The summed E-state index contributed by atoms with van der Waals surface area (Å²) in [5.74, 6) is 2.47. The Kier molecular flexibility index (Phi) is 4.29. The highest BCUT2D eigenvalue weighted by molar-refractivity contribution is 5.67. The minimum Gasteiger partial charge on any atom is -0.436 e. The van der Waals surface area contributed by atoms with E-state index in [1.165, 1.54) is 0 Å². The molecule has 0 aliphatic rings. The molecule has 0 aliphatic carbocycles. The summed E-state index contributed by atoms with van der Waals surface area (Å²) in [5.41, 5.74) is 16.5. The van der Waals surface area contributed by atoms with Crippen molar-refractivity contribution >= 4 is 11.4 Å². The van der Waals surface area contributed by atoms with Crippen LogP contribution in [0.25, 0.3) is 45.6 Å². The minimum atomic E-state index is 0.545. The molecule has 0 radical (unpaired) electrons. The molecule has 6 nitrogen and oxygen atoms in total. The van der Waals surface area contributed by atoms with Crippen molar-refractivity contribution in [2.45, 2.75) is 0 Å². The highest BCUT2D eigenvalue weighted by Crippen LogP contribution is 2.30. The zero-order valence-corrected chi connectivity index (χ0v) is 15.9. The van der Waals surface area contributed by atoms with Crippen molar-refractivity contribution in [3.63, 3.8) is 0 Å². The molecule has 0 atom stereocenters. The van der Waals surface area contributed by atoms with Crippen molar-refractivity contribution in [2.75, 3.05) is 11.5 Å². The van der Waals surface area contributed by atoms with E-state index in [9.17, 15) is 0 Å². The van der Waals surface area contributed by atoms with Gasteiger partial charge in [-0.15, -0.1) is 0 Å². The zero-order valence-electron chi connectivity index (χ0n) is 15.9. The summed E-state index contributed by atoms with van der Waals surface area (Å²) < 4.78 is 11.8. The fraction of sp³-hybridized carbons (Fsp3) is 0. The smallest absolute Gasteiger partial charge is 0.226 e. The van der Waals surface area contributed by atoms with E-state index in [0.29, 0.717) is 34.7 Å². The molecule has 146 valence electrons. The average molecular weight is 394 g/mol. The van der Waals surface area contributed by atoms with Gasteiger partial charge in [-0.05, 0) is 72.8 Å². The van der Waals surface area contributed by atoms with Crippen molar-refractivity contribution in [3.05, 3.63) is 85.2 Å². The van der Waals surface area contributed by atoms with E-state index < -0.39 is 0 Å². The zero-order chi connectivity index (χ0) is 20.5. The van der Waals surface area contributed by atoms with Gasteiger partial charge >= 0.3 is 0 Å². The Bertz CT molecular complexity index is 1180. The number of oxazole rings is 2. The van der Waals surface area contributed by atoms with Crippen LogP contribution in [0.4, 0.5) is 11.4 Å². The maximum absolute atomic E-state index is 5.91. The van der Waals surface area contributed by atoms with Crippen LogP contribution in [0, 0.1) is 0 Å². The van der Waals surface area contributed by atoms with Gasteiger partial charge in [0.15, 0.2) is 11.5 Å². The minimum absolute atomic E-state index is 0.545. The van der Waals surface area contributed by atoms with Crippen LogP contribution in [0.5, 0.6) is 0 Å². The Morgan fingerprint density at radius 1 is 0.467 bits per heavy atom. The van der Waals surface area contributed by atoms with Crippen molar-refractivity contribution in [1.29, 1.82) is 0 Å². The average Bonchev–Trinajstić information content (AvgIpc) is 3.45. The summed E-state index contributed by atoms with van der Waals surface area (Å²) in [6.07, 6.45) is 3.42. The van der Waals surface area contributed by atoms with Crippen molar-refractivity contribution in [1.82, 2.24) is 9.97 Å². The Labute approximate surface area is 172 Å². The molecule has 0 saturated heterocycles. The Balaban J connectivity index is 1.37. The number of nitrogen functional groups attached to an aromatic ring is 2. The summed E-state index contributed by atoms with van der Waals surface area (Å²) in [6.45, 7) is 0. The van der Waals surface area contributed by atoms with E-state index in [0.717, 1.165) is 22.3 Å². The van der Waals surface area contributed by atoms with Gasteiger partial charge in [-0.3, -0.25) is 0 Å². The molecule has 5 rings (SSSR count). The molecule has 0 spiro atoms. The van der Waals surface area contributed by atoms with E-state index in [1.807, 2.05) is 72.8 Å². The topological polar surface area (TPSA) is 104 Å². The predicted octanol–water partition coefficient (Wildman–Crippen LogP) is 5.50. The molecular weight excluding hydrogens is 376 g/mol. The maximum Gasteiger partial charge on any atom is 0.226 e. The number of hydrogen-bond donors (Lipinski definition) is 2. The molecule has 0 unspecified atom stereocenters. The van der Waals surface area contributed by atoms with Crippen molar-refractivity contribution in [2.24, 2.45) is 0 Å². The second-order valence-electron chi connectivity index (χ2n) is 6.88. The molecule has 3 aromatic carbocycles. The second kappa shape index (κ2) is 7.25. The third-order valence-corrected chi connectivity index (χ3v) is 4.78. The van der Waals surface area contributed by atoms with Crippen molar-refractivity contribution < 1.29 is 8.83 Å². The molecule has 6 heteroatoms. The van der Waals surface area contributed by atoms with E-state index in [1.54, 1.807) is 12.4 Å². The van der Waals surface area contributed by atoms with Gasteiger partial charge in [0.1, 0.15) is 0 Å². The normalized spacial score (nSPS) is 10.9. The molecular formula is C24H18N4O2. The lowest BCUT2D eigenvalue weighted by atomic mass is 10.1. The highest BCUT2D eigenvalue weighted by Gasteiger charge is 2.11. The number of hydrogen-bond acceptors (Lipinski definition) is 6. The number of nitrogens with zero attached hydrogens (tertiary/aromatic N) is 2. The third-order valence-electron chi connectivity index (χ3n) is 4.78. The van der Waals surface area contributed by atoms with Crippen LogP contribution in [0.3, 0.4) is 0 Å². The van der Waals surface area contributed by atoms with E-state index >= 15 is 0 Å². The lowest BCUT2D eigenvalue weighted by Gasteiger charge is -2.00. The number of rotatable bonds is 4. The van der Waals surface area contributed by atoms with Crippen LogP contribution in [-0.2, 0) is 0 Å².